The van der Waals surface area contributed by atoms with Gasteiger partial charge in [0.1, 0.15) is 0 Å². The van der Waals surface area contributed by atoms with Crippen molar-refractivity contribution in [2.24, 2.45) is 0 Å². The molecule has 8 heterocycles. The minimum atomic E-state index is -1.05. The summed E-state index contributed by atoms with van der Waals surface area (Å²) in [6.45, 7) is 6.05. The second-order valence-corrected chi connectivity index (χ2v) is 15.0. The molecule has 0 spiro atoms. The molecule has 4 aromatic heterocycles. The summed E-state index contributed by atoms with van der Waals surface area (Å²) in [5, 5.41) is 18.5. The molecule has 4 atom stereocenters. The zero-order valence-electron chi connectivity index (χ0n) is 26.3. The molecule has 4 unspecified atom stereocenters. The van der Waals surface area contributed by atoms with Crippen LogP contribution in [0.1, 0.15) is 42.2 Å². The molecule has 12 nitrogen and oxygen atoms in total. The number of morpholine rings is 1. The Morgan fingerprint density at radius 2 is 1.60 bits per heavy atom. The van der Waals surface area contributed by atoms with Crippen LogP contribution >= 0.6 is 23.5 Å². The molecule has 0 amide bonds. The van der Waals surface area contributed by atoms with Crippen molar-refractivity contribution in [3.63, 3.8) is 0 Å². The summed E-state index contributed by atoms with van der Waals surface area (Å²) in [7, 11) is 0. The molecular weight excluding hydrogens is 631 g/mol. The van der Waals surface area contributed by atoms with Gasteiger partial charge in [-0.1, -0.05) is 12.5 Å². The Labute approximate surface area is 283 Å². The number of pyridine rings is 1. The summed E-state index contributed by atoms with van der Waals surface area (Å²) in [6.07, 6.45) is 16.2. The van der Waals surface area contributed by atoms with Crippen LogP contribution in [0.3, 0.4) is 0 Å². The fourth-order valence-electron chi connectivity index (χ4n) is 7.81. The number of thioether (sulfide) groups is 2. The number of hydrazine groups is 1. The van der Waals surface area contributed by atoms with Crippen LogP contribution in [-0.2, 0) is 19.9 Å². The van der Waals surface area contributed by atoms with Crippen LogP contribution in [0.15, 0.2) is 79.8 Å². The normalized spacial score (nSPS) is 31.1. The monoisotopic (exact) mass is 669 g/mol. The van der Waals surface area contributed by atoms with Crippen LogP contribution < -0.4 is 5.32 Å². The Balaban J connectivity index is 1.53. The quantitative estimate of drug-likeness (QED) is 0.310. The number of ether oxygens (including phenoxy) is 1. The van der Waals surface area contributed by atoms with Crippen LogP contribution in [0.4, 0.5) is 0 Å². The minimum Gasteiger partial charge on any atom is -0.379 e. The van der Waals surface area contributed by atoms with Crippen LogP contribution in [0.2, 0.25) is 0 Å². The molecule has 4 saturated heterocycles. The van der Waals surface area contributed by atoms with E-state index in [2.05, 4.69) is 43.5 Å². The van der Waals surface area contributed by atoms with E-state index in [1.54, 1.807) is 12.4 Å². The lowest BCUT2D eigenvalue weighted by Gasteiger charge is -2.67. The first-order valence-electron chi connectivity index (χ1n) is 16.4. The Hall–Kier alpha value is -3.11. The third kappa shape index (κ3) is 5.16. The lowest BCUT2D eigenvalue weighted by Crippen LogP contribution is -2.78. The van der Waals surface area contributed by atoms with Crippen molar-refractivity contribution in [1.82, 2.24) is 55.4 Å². The van der Waals surface area contributed by atoms with E-state index in [9.17, 15) is 0 Å². The Kier molecular flexibility index (Phi) is 8.90. The smallest absolute Gasteiger partial charge is 0.160 e. The summed E-state index contributed by atoms with van der Waals surface area (Å²) in [5.41, 5.74) is 1.67. The molecule has 244 valence electrons. The molecule has 0 bridgehead atoms. The lowest BCUT2D eigenvalue weighted by molar-refractivity contribution is -0.232. The van der Waals surface area contributed by atoms with E-state index < -0.39 is 15.2 Å². The highest BCUT2D eigenvalue weighted by atomic mass is 32.2. The fraction of sp³-hybridized carbons (Fsp3) is 0.485. The van der Waals surface area contributed by atoms with Gasteiger partial charge in [-0.25, -0.2) is 20.0 Å². The van der Waals surface area contributed by atoms with Gasteiger partial charge >= 0.3 is 0 Å². The predicted octanol–water partition coefficient (Wildman–Crippen LogP) is 2.89. The van der Waals surface area contributed by atoms with E-state index in [1.807, 2.05) is 72.7 Å². The molecular formula is C33H39N11OS2. The molecule has 4 aromatic rings. The molecule has 0 aromatic carbocycles. The van der Waals surface area contributed by atoms with Gasteiger partial charge in [0, 0.05) is 82.2 Å². The lowest BCUT2D eigenvalue weighted by atomic mass is 9.79. The zero-order valence-corrected chi connectivity index (χ0v) is 27.9. The summed E-state index contributed by atoms with van der Waals surface area (Å²) < 4.78 is 4.36. The van der Waals surface area contributed by atoms with E-state index in [4.69, 9.17) is 34.8 Å². The maximum Gasteiger partial charge on any atom is 0.160 e. The van der Waals surface area contributed by atoms with E-state index in [0.29, 0.717) is 25.6 Å². The van der Waals surface area contributed by atoms with Crippen molar-refractivity contribution in [1.29, 1.82) is 0 Å². The minimum absolute atomic E-state index is 0.0481. The molecule has 0 radical (unpaired) electrons. The van der Waals surface area contributed by atoms with Gasteiger partial charge in [0.25, 0.3) is 0 Å². The van der Waals surface area contributed by atoms with Gasteiger partial charge in [0.15, 0.2) is 16.2 Å². The third-order valence-electron chi connectivity index (χ3n) is 9.70. The molecule has 47 heavy (non-hydrogen) atoms. The van der Waals surface area contributed by atoms with Crippen molar-refractivity contribution < 1.29 is 4.74 Å². The number of aromatic nitrogens is 7. The number of nitrogens with zero attached hydrogens (tertiary/aromatic N) is 10. The van der Waals surface area contributed by atoms with E-state index in [-0.39, 0.29) is 5.37 Å². The zero-order chi connectivity index (χ0) is 31.6. The van der Waals surface area contributed by atoms with E-state index >= 15 is 0 Å². The van der Waals surface area contributed by atoms with Crippen molar-refractivity contribution in [2.45, 2.75) is 39.8 Å². The van der Waals surface area contributed by atoms with Gasteiger partial charge in [-0.3, -0.25) is 19.9 Å². The second kappa shape index (κ2) is 13.4. The predicted molar refractivity (Wildman–Crippen MR) is 181 cm³/mol. The Bertz CT molecular complexity index is 1550. The van der Waals surface area contributed by atoms with Crippen LogP contribution in [0.25, 0.3) is 0 Å². The summed E-state index contributed by atoms with van der Waals surface area (Å²) >= 11 is 3.82. The molecule has 0 aliphatic carbocycles. The summed E-state index contributed by atoms with van der Waals surface area (Å²) in [6, 6.07) is 12.2. The SMILES string of the molecule is c1ccc(C2(C3NCCS3)CN(N3CCOCC3)C(c3cnccn3)(N3CCCCC3)C(c3cccnn3)(c3ncccn3)S2)nc1. The maximum absolute atomic E-state index is 5.98. The van der Waals surface area contributed by atoms with Gasteiger partial charge in [-0.15, -0.1) is 23.5 Å². The molecule has 4 fully saturated rings. The molecule has 14 heteroatoms. The average molecular weight is 670 g/mol. The highest BCUT2D eigenvalue weighted by Crippen LogP contribution is 2.68. The summed E-state index contributed by atoms with van der Waals surface area (Å²) in [4.78, 5) is 28.0. The number of likely N-dealkylation sites (tertiary alicyclic amines) is 1. The number of rotatable bonds is 7. The first-order valence-corrected chi connectivity index (χ1v) is 18.3. The van der Waals surface area contributed by atoms with Crippen LogP contribution in [-0.4, -0.2) is 114 Å². The van der Waals surface area contributed by atoms with Crippen LogP contribution in [0, 0.1) is 0 Å². The number of piperidine rings is 1. The summed E-state index contributed by atoms with van der Waals surface area (Å²) in [5.74, 6) is 1.67. The molecule has 1 N–H and O–H groups in total. The highest BCUT2D eigenvalue weighted by molar-refractivity contribution is 8.04. The van der Waals surface area contributed by atoms with Gasteiger partial charge in [0.2, 0.25) is 0 Å². The topological polar surface area (TPSA) is 121 Å². The standard InChI is InChI=1S/C33H39N11OS2/c1-4-17-42(18-5-1)33(28-24-34-14-15-36-28)32(27-9-6-13-40-41-27,29-37-11-7-12-38-29)47-31(30-39-16-23-46-30,26-8-2-3-10-35-26)25-44(33)43-19-21-45-22-20-43/h2-3,6-15,24,30,39H,1,4-5,16-23,25H2. The number of hydrogen-bond donors (Lipinski definition) is 1. The highest BCUT2D eigenvalue weighted by Gasteiger charge is 2.73. The first-order chi connectivity index (χ1) is 23.3. The van der Waals surface area contributed by atoms with Crippen molar-refractivity contribution >= 4 is 23.5 Å². The maximum atomic E-state index is 5.98. The molecule has 4 aliphatic rings. The first kappa shape index (κ1) is 31.2. The van der Waals surface area contributed by atoms with Gasteiger partial charge < -0.3 is 10.1 Å². The number of hydrogen-bond acceptors (Lipinski definition) is 14. The van der Waals surface area contributed by atoms with Gasteiger partial charge in [0.05, 0.1) is 46.6 Å². The second-order valence-electron chi connectivity index (χ2n) is 12.2. The molecule has 8 rings (SSSR count). The average Bonchev–Trinajstić information content (AvgIpc) is 3.72. The fourth-order valence-corrected chi connectivity index (χ4v) is 11.4. The largest absolute Gasteiger partial charge is 0.379 e. The Morgan fingerprint density at radius 1 is 0.787 bits per heavy atom. The van der Waals surface area contributed by atoms with Crippen LogP contribution in [0.5, 0.6) is 0 Å². The molecule has 4 aliphatic heterocycles. The van der Waals surface area contributed by atoms with E-state index in [0.717, 1.165) is 68.4 Å². The Morgan fingerprint density at radius 3 is 2.30 bits per heavy atom. The van der Waals surface area contributed by atoms with Crippen molar-refractivity contribution in [3.05, 3.63) is 103 Å². The van der Waals surface area contributed by atoms with Gasteiger partial charge in [-0.2, -0.15) is 10.2 Å². The van der Waals surface area contributed by atoms with E-state index in [1.165, 1.54) is 6.42 Å². The molecule has 0 saturated carbocycles. The van der Waals surface area contributed by atoms with Crippen molar-refractivity contribution in [3.8, 4) is 0 Å². The van der Waals surface area contributed by atoms with Gasteiger partial charge in [-0.05, 0) is 43.2 Å². The van der Waals surface area contributed by atoms with Crippen molar-refractivity contribution in [2.75, 3.05) is 58.2 Å². The third-order valence-corrected chi connectivity index (χ3v) is 13.1. The number of nitrogens with one attached hydrogen (secondary N) is 1.